The van der Waals surface area contributed by atoms with E-state index in [1.54, 1.807) is 4.90 Å². The molecular formula is C18H21N5O4S. The molecule has 28 heavy (non-hydrogen) atoms. The number of hydrogen-bond acceptors (Lipinski definition) is 9. The molecule has 2 fully saturated rings. The molecule has 3 aliphatic heterocycles. The molecule has 10 heteroatoms. The van der Waals surface area contributed by atoms with E-state index in [0.29, 0.717) is 25.6 Å². The highest BCUT2D eigenvalue weighted by atomic mass is 32.1. The number of amides is 1. The highest BCUT2D eigenvalue weighted by molar-refractivity contribution is 6.99. The lowest BCUT2D eigenvalue weighted by Crippen LogP contribution is -2.51. The summed E-state index contributed by atoms with van der Waals surface area (Å²) in [7, 11) is 0. The van der Waals surface area contributed by atoms with Crippen LogP contribution in [0.4, 0.5) is 16.4 Å². The van der Waals surface area contributed by atoms with Crippen molar-refractivity contribution in [3.8, 4) is 11.5 Å². The number of cyclic esters (lactones) is 1. The van der Waals surface area contributed by atoms with Crippen LogP contribution in [0.15, 0.2) is 24.3 Å². The summed E-state index contributed by atoms with van der Waals surface area (Å²) in [6.07, 6.45) is -0.320. The molecule has 4 heterocycles. The van der Waals surface area contributed by atoms with Crippen molar-refractivity contribution in [3.63, 3.8) is 0 Å². The van der Waals surface area contributed by atoms with Gasteiger partial charge in [-0.2, -0.15) is 8.75 Å². The number of aromatic nitrogens is 2. The Bertz CT molecular complexity index is 854. The Morgan fingerprint density at radius 2 is 1.79 bits per heavy atom. The zero-order valence-corrected chi connectivity index (χ0v) is 16.1. The van der Waals surface area contributed by atoms with Crippen LogP contribution in [0.2, 0.25) is 0 Å². The minimum atomic E-state index is -0.345. The standard InChI is InChI=1S/C18H21N5O4S/c24-18-23(9-10-25-18)17-16(19-28-20-17)22-7-5-21(6-8-22)11-13-12-26-14-3-1-2-4-15(14)27-13/h1-4,13H,5-12H2/t13-/m0/s1. The first-order chi connectivity index (χ1) is 13.8. The zero-order chi connectivity index (χ0) is 18.9. The first kappa shape index (κ1) is 17.5. The van der Waals surface area contributed by atoms with Crippen LogP contribution in [0.25, 0.3) is 0 Å². The molecule has 148 valence electrons. The van der Waals surface area contributed by atoms with Gasteiger partial charge in [0.1, 0.15) is 19.3 Å². The molecule has 0 unspecified atom stereocenters. The Balaban J connectivity index is 1.18. The number of carbonyl (C=O) groups is 1. The molecule has 2 saturated heterocycles. The van der Waals surface area contributed by atoms with E-state index in [1.165, 1.54) is 0 Å². The van der Waals surface area contributed by atoms with E-state index >= 15 is 0 Å². The minimum absolute atomic E-state index is 0.0253. The van der Waals surface area contributed by atoms with Gasteiger partial charge < -0.3 is 19.1 Å². The van der Waals surface area contributed by atoms with Crippen LogP contribution in [-0.2, 0) is 4.74 Å². The number of piperazine rings is 1. The SMILES string of the molecule is O=C1OCCN1c1nsnc1N1CCN(C[C@H]2COc3ccccc3O2)CC1. The van der Waals surface area contributed by atoms with Gasteiger partial charge in [-0.1, -0.05) is 12.1 Å². The summed E-state index contributed by atoms with van der Waals surface area (Å²) in [5.74, 6) is 3.01. The molecule has 0 N–H and O–H groups in total. The van der Waals surface area contributed by atoms with Crippen molar-refractivity contribution in [1.82, 2.24) is 13.6 Å². The van der Waals surface area contributed by atoms with Crippen molar-refractivity contribution < 1.29 is 19.0 Å². The molecular weight excluding hydrogens is 382 g/mol. The molecule has 1 amide bonds. The van der Waals surface area contributed by atoms with Gasteiger partial charge in [0.25, 0.3) is 0 Å². The predicted octanol–water partition coefficient (Wildman–Crippen LogP) is 1.46. The van der Waals surface area contributed by atoms with Crippen molar-refractivity contribution >= 4 is 29.5 Å². The van der Waals surface area contributed by atoms with Crippen LogP contribution in [0.3, 0.4) is 0 Å². The Labute approximate surface area is 166 Å². The highest BCUT2D eigenvalue weighted by Crippen LogP contribution is 2.32. The summed E-state index contributed by atoms with van der Waals surface area (Å²) in [4.78, 5) is 18.0. The molecule has 5 rings (SSSR count). The first-order valence-corrected chi connectivity index (χ1v) is 10.1. The van der Waals surface area contributed by atoms with Gasteiger partial charge in [-0.05, 0) is 12.1 Å². The van der Waals surface area contributed by atoms with Crippen LogP contribution >= 0.6 is 11.7 Å². The fourth-order valence-corrected chi connectivity index (χ4v) is 4.29. The van der Waals surface area contributed by atoms with Crippen LogP contribution in [0.5, 0.6) is 11.5 Å². The number of ether oxygens (including phenoxy) is 3. The van der Waals surface area contributed by atoms with Gasteiger partial charge in [0, 0.05) is 32.7 Å². The Morgan fingerprint density at radius 3 is 2.57 bits per heavy atom. The van der Waals surface area contributed by atoms with Gasteiger partial charge in [-0.15, -0.1) is 0 Å². The van der Waals surface area contributed by atoms with Gasteiger partial charge in [0.15, 0.2) is 23.1 Å². The number of nitrogens with zero attached hydrogens (tertiary/aromatic N) is 5. The molecule has 0 spiro atoms. The Morgan fingerprint density at radius 1 is 1.00 bits per heavy atom. The third-order valence-electron chi connectivity index (χ3n) is 5.17. The van der Waals surface area contributed by atoms with Gasteiger partial charge in [0.05, 0.1) is 18.3 Å². The second-order valence-electron chi connectivity index (χ2n) is 6.96. The van der Waals surface area contributed by atoms with E-state index in [1.807, 2.05) is 24.3 Å². The lowest BCUT2D eigenvalue weighted by atomic mass is 10.2. The maximum atomic E-state index is 11.9. The van der Waals surface area contributed by atoms with E-state index in [-0.39, 0.29) is 12.2 Å². The lowest BCUT2D eigenvalue weighted by Gasteiger charge is -2.37. The summed E-state index contributed by atoms with van der Waals surface area (Å²) in [5.41, 5.74) is 0. The molecule has 0 radical (unpaired) electrons. The molecule has 9 nitrogen and oxygen atoms in total. The number of para-hydroxylation sites is 2. The minimum Gasteiger partial charge on any atom is -0.486 e. The predicted molar refractivity (Wildman–Crippen MR) is 104 cm³/mol. The Hall–Kier alpha value is -2.59. The number of anilines is 2. The maximum Gasteiger partial charge on any atom is 0.415 e. The third-order valence-corrected chi connectivity index (χ3v) is 5.68. The fourth-order valence-electron chi connectivity index (χ4n) is 3.72. The van der Waals surface area contributed by atoms with E-state index in [4.69, 9.17) is 14.2 Å². The van der Waals surface area contributed by atoms with Gasteiger partial charge in [-0.25, -0.2) is 4.79 Å². The summed E-state index contributed by atoms with van der Waals surface area (Å²) in [6.45, 7) is 5.74. The van der Waals surface area contributed by atoms with Gasteiger partial charge >= 0.3 is 6.09 Å². The van der Waals surface area contributed by atoms with Crippen molar-refractivity contribution in [2.45, 2.75) is 6.10 Å². The highest BCUT2D eigenvalue weighted by Gasteiger charge is 2.32. The van der Waals surface area contributed by atoms with Crippen molar-refractivity contribution in [2.24, 2.45) is 0 Å². The van der Waals surface area contributed by atoms with E-state index in [2.05, 4.69) is 18.5 Å². The maximum absolute atomic E-state index is 11.9. The van der Waals surface area contributed by atoms with E-state index < -0.39 is 0 Å². The summed E-state index contributed by atoms with van der Waals surface area (Å²) in [5, 5.41) is 0. The normalized spacial score (nSPS) is 22.4. The van der Waals surface area contributed by atoms with E-state index in [0.717, 1.165) is 61.8 Å². The smallest absolute Gasteiger partial charge is 0.415 e. The topological polar surface area (TPSA) is 80.3 Å². The molecule has 0 saturated carbocycles. The first-order valence-electron chi connectivity index (χ1n) is 9.40. The zero-order valence-electron chi connectivity index (χ0n) is 15.3. The molecule has 1 aromatic carbocycles. The van der Waals surface area contributed by atoms with Gasteiger partial charge in [-0.3, -0.25) is 9.80 Å². The Kier molecular flexibility index (Phi) is 4.65. The summed E-state index contributed by atoms with van der Waals surface area (Å²) >= 11 is 1.13. The van der Waals surface area contributed by atoms with Crippen LogP contribution in [0.1, 0.15) is 0 Å². The summed E-state index contributed by atoms with van der Waals surface area (Å²) in [6, 6.07) is 7.78. The largest absolute Gasteiger partial charge is 0.486 e. The molecule has 2 aromatic rings. The number of carbonyl (C=O) groups excluding carboxylic acids is 1. The molecule has 1 aromatic heterocycles. The number of rotatable bonds is 4. The third kappa shape index (κ3) is 3.33. The molecule has 0 aliphatic carbocycles. The summed E-state index contributed by atoms with van der Waals surface area (Å²) < 4.78 is 25.7. The van der Waals surface area contributed by atoms with Crippen molar-refractivity contribution in [3.05, 3.63) is 24.3 Å². The van der Waals surface area contributed by atoms with Crippen molar-refractivity contribution in [2.75, 3.05) is 62.3 Å². The number of benzene rings is 1. The second kappa shape index (κ2) is 7.44. The molecule has 3 aliphatic rings. The lowest BCUT2D eigenvalue weighted by molar-refractivity contribution is 0.0571. The number of fused-ring (bicyclic) bond motifs is 1. The van der Waals surface area contributed by atoms with Crippen LogP contribution < -0.4 is 19.3 Å². The van der Waals surface area contributed by atoms with Crippen LogP contribution in [-0.4, -0.2) is 78.3 Å². The number of hydrogen-bond donors (Lipinski definition) is 0. The van der Waals surface area contributed by atoms with Crippen molar-refractivity contribution in [1.29, 1.82) is 0 Å². The molecule has 0 bridgehead atoms. The van der Waals surface area contributed by atoms with Crippen LogP contribution in [0, 0.1) is 0 Å². The average molecular weight is 403 g/mol. The second-order valence-corrected chi connectivity index (χ2v) is 7.49. The molecule has 1 atom stereocenters. The monoisotopic (exact) mass is 403 g/mol. The average Bonchev–Trinajstić information content (AvgIpc) is 3.37. The quantitative estimate of drug-likeness (QED) is 0.759. The van der Waals surface area contributed by atoms with E-state index in [9.17, 15) is 4.79 Å². The fraction of sp³-hybridized carbons (Fsp3) is 0.500. The van der Waals surface area contributed by atoms with Gasteiger partial charge in [0.2, 0.25) is 0 Å².